The average Bonchev–Trinajstić information content (AvgIpc) is 3.12. The molecule has 2 aromatic carbocycles. The number of hydrogen-bond acceptors (Lipinski definition) is 2. The Labute approximate surface area is 149 Å². The average molecular weight is 355 g/mol. The van der Waals surface area contributed by atoms with E-state index in [0.717, 1.165) is 17.7 Å². The summed E-state index contributed by atoms with van der Waals surface area (Å²) in [6, 6.07) is 14.5. The first-order chi connectivity index (χ1) is 12.3. The lowest BCUT2D eigenvalue weighted by atomic mass is 9.72. The molecule has 6 heteroatoms. The van der Waals surface area contributed by atoms with E-state index >= 15 is 0 Å². The summed E-state index contributed by atoms with van der Waals surface area (Å²) in [5.41, 5.74) is 0.514. The van der Waals surface area contributed by atoms with Crippen LogP contribution in [0.25, 0.3) is 0 Å². The number of imidazole rings is 1. The molecule has 132 valence electrons. The van der Waals surface area contributed by atoms with Crippen LogP contribution in [0.2, 0.25) is 0 Å². The van der Waals surface area contributed by atoms with Crippen LogP contribution in [0.1, 0.15) is 27.9 Å². The highest BCUT2D eigenvalue weighted by Crippen LogP contribution is 2.38. The van der Waals surface area contributed by atoms with Crippen LogP contribution in [0.5, 0.6) is 0 Å². The normalized spacial score (nSPS) is 13.8. The van der Waals surface area contributed by atoms with Gasteiger partial charge in [-0.25, -0.2) is 4.98 Å². The third kappa shape index (κ3) is 3.33. The number of aromatic amines is 1. The predicted molar refractivity (Wildman–Crippen MR) is 91.3 cm³/mol. The molecule has 0 bridgehead atoms. The first kappa shape index (κ1) is 17.7. The quantitative estimate of drug-likeness (QED) is 0.732. The minimum atomic E-state index is -4.47. The molecule has 0 saturated carbocycles. The van der Waals surface area contributed by atoms with Crippen molar-refractivity contribution in [2.45, 2.75) is 24.9 Å². The van der Waals surface area contributed by atoms with Crippen molar-refractivity contribution in [2.24, 2.45) is 0 Å². The number of H-pyrrole nitrogens is 1. The van der Waals surface area contributed by atoms with Gasteiger partial charge in [-0.2, -0.15) is 18.4 Å². The SMILES string of the molecule is Cc1cccc(C(C#N)(Cc2cnc[nH]2)c2cccc(C(F)(F)F)c2)c1. The molecule has 0 aliphatic carbocycles. The number of nitriles is 1. The summed E-state index contributed by atoms with van der Waals surface area (Å²) in [4.78, 5) is 6.90. The molecule has 1 unspecified atom stereocenters. The molecular formula is C20H16F3N3. The van der Waals surface area contributed by atoms with Gasteiger partial charge >= 0.3 is 6.18 Å². The zero-order valence-corrected chi connectivity index (χ0v) is 14.0. The Morgan fingerprint density at radius 1 is 1.04 bits per heavy atom. The summed E-state index contributed by atoms with van der Waals surface area (Å²) in [5.74, 6) is 0. The molecule has 0 aliphatic rings. The van der Waals surface area contributed by atoms with Crippen LogP contribution < -0.4 is 0 Å². The monoisotopic (exact) mass is 355 g/mol. The molecule has 1 atom stereocenters. The van der Waals surface area contributed by atoms with Gasteiger partial charge in [0.1, 0.15) is 5.41 Å². The van der Waals surface area contributed by atoms with E-state index in [0.29, 0.717) is 16.8 Å². The van der Waals surface area contributed by atoms with Gasteiger partial charge in [0.15, 0.2) is 0 Å². The Kier molecular flexibility index (Phi) is 4.56. The van der Waals surface area contributed by atoms with E-state index in [9.17, 15) is 18.4 Å². The van der Waals surface area contributed by atoms with Gasteiger partial charge in [0, 0.05) is 18.3 Å². The van der Waals surface area contributed by atoms with Gasteiger partial charge in [0.05, 0.1) is 18.0 Å². The second-order valence-corrected chi connectivity index (χ2v) is 6.22. The Balaban J connectivity index is 2.22. The van der Waals surface area contributed by atoms with E-state index in [-0.39, 0.29) is 6.42 Å². The summed E-state index contributed by atoms with van der Waals surface area (Å²) in [6.45, 7) is 1.88. The Morgan fingerprint density at radius 3 is 2.27 bits per heavy atom. The standard InChI is InChI=1S/C20H16F3N3/c1-14-4-2-5-15(8-14)19(12-24,10-18-11-25-13-26-18)16-6-3-7-17(9-16)20(21,22)23/h2-9,11,13H,10H2,1H3,(H,25,26). The van der Waals surface area contributed by atoms with Gasteiger partial charge in [0.25, 0.3) is 0 Å². The van der Waals surface area contributed by atoms with Gasteiger partial charge < -0.3 is 4.98 Å². The van der Waals surface area contributed by atoms with E-state index in [1.54, 1.807) is 24.4 Å². The van der Waals surface area contributed by atoms with Crippen molar-refractivity contribution in [1.29, 1.82) is 5.26 Å². The summed E-state index contributed by atoms with van der Waals surface area (Å²) in [6.07, 6.45) is -1.22. The van der Waals surface area contributed by atoms with Crippen LogP contribution in [-0.2, 0) is 18.0 Å². The van der Waals surface area contributed by atoms with Gasteiger partial charge in [-0.15, -0.1) is 0 Å². The van der Waals surface area contributed by atoms with Crippen molar-refractivity contribution >= 4 is 0 Å². The zero-order chi connectivity index (χ0) is 18.8. The van der Waals surface area contributed by atoms with Gasteiger partial charge in [0.2, 0.25) is 0 Å². The molecule has 1 heterocycles. The van der Waals surface area contributed by atoms with Crippen LogP contribution in [0.3, 0.4) is 0 Å². The molecule has 1 N–H and O–H groups in total. The number of nitrogens with zero attached hydrogens (tertiary/aromatic N) is 2. The Hall–Kier alpha value is -3.07. The summed E-state index contributed by atoms with van der Waals surface area (Å²) in [7, 11) is 0. The lowest BCUT2D eigenvalue weighted by molar-refractivity contribution is -0.137. The van der Waals surface area contributed by atoms with Crippen molar-refractivity contribution in [2.75, 3.05) is 0 Å². The Morgan fingerprint density at radius 2 is 1.69 bits per heavy atom. The lowest BCUT2D eigenvalue weighted by Gasteiger charge is -2.28. The largest absolute Gasteiger partial charge is 0.416 e. The number of hydrogen-bond donors (Lipinski definition) is 1. The van der Waals surface area contributed by atoms with Gasteiger partial charge in [-0.05, 0) is 30.2 Å². The van der Waals surface area contributed by atoms with Crippen LogP contribution in [0.15, 0.2) is 61.1 Å². The second kappa shape index (κ2) is 6.68. The van der Waals surface area contributed by atoms with Crippen molar-refractivity contribution in [1.82, 2.24) is 9.97 Å². The van der Waals surface area contributed by atoms with Crippen molar-refractivity contribution in [3.63, 3.8) is 0 Å². The Bertz CT molecular complexity index is 939. The van der Waals surface area contributed by atoms with Crippen LogP contribution in [-0.4, -0.2) is 9.97 Å². The van der Waals surface area contributed by atoms with E-state index in [1.165, 1.54) is 12.4 Å². The molecule has 3 rings (SSSR count). The maximum absolute atomic E-state index is 13.2. The molecule has 0 amide bonds. The van der Waals surface area contributed by atoms with E-state index in [1.807, 2.05) is 19.1 Å². The van der Waals surface area contributed by atoms with Gasteiger partial charge in [-0.1, -0.05) is 42.0 Å². The maximum Gasteiger partial charge on any atom is 0.416 e. The maximum atomic E-state index is 13.2. The highest BCUT2D eigenvalue weighted by Gasteiger charge is 2.38. The first-order valence-corrected chi connectivity index (χ1v) is 7.98. The number of aryl methyl sites for hydroxylation is 1. The molecule has 1 aromatic heterocycles. The number of rotatable bonds is 4. The molecule has 0 spiro atoms. The molecule has 0 fully saturated rings. The first-order valence-electron chi connectivity index (χ1n) is 7.98. The molecule has 3 aromatic rings. The smallest absolute Gasteiger partial charge is 0.348 e. The topological polar surface area (TPSA) is 52.5 Å². The molecular weight excluding hydrogens is 339 g/mol. The molecule has 0 radical (unpaired) electrons. The van der Waals surface area contributed by atoms with Crippen molar-refractivity contribution in [3.8, 4) is 6.07 Å². The molecule has 0 aliphatic heterocycles. The molecule has 0 saturated heterocycles. The summed E-state index contributed by atoms with van der Waals surface area (Å²) >= 11 is 0. The summed E-state index contributed by atoms with van der Waals surface area (Å²) in [5, 5.41) is 10.1. The third-order valence-electron chi connectivity index (χ3n) is 4.39. The zero-order valence-electron chi connectivity index (χ0n) is 14.0. The summed E-state index contributed by atoms with van der Waals surface area (Å²) < 4.78 is 39.6. The fourth-order valence-corrected chi connectivity index (χ4v) is 3.08. The molecule has 3 nitrogen and oxygen atoms in total. The molecule has 26 heavy (non-hydrogen) atoms. The fourth-order valence-electron chi connectivity index (χ4n) is 3.08. The number of benzene rings is 2. The van der Waals surface area contributed by atoms with E-state index in [4.69, 9.17) is 0 Å². The van der Waals surface area contributed by atoms with E-state index in [2.05, 4.69) is 16.0 Å². The number of alkyl halides is 3. The minimum Gasteiger partial charge on any atom is -0.348 e. The van der Waals surface area contributed by atoms with Crippen LogP contribution >= 0.6 is 0 Å². The second-order valence-electron chi connectivity index (χ2n) is 6.22. The minimum absolute atomic E-state index is 0.189. The highest BCUT2D eigenvalue weighted by atomic mass is 19.4. The third-order valence-corrected chi connectivity index (χ3v) is 4.39. The highest BCUT2D eigenvalue weighted by molar-refractivity contribution is 5.49. The predicted octanol–water partition coefficient (Wildman–Crippen LogP) is 4.79. The van der Waals surface area contributed by atoms with E-state index < -0.39 is 17.2 Å². The fraction of sp³-hybridized carbons (Fsp3) is 0.200. The number of aromatic nitrogens is 2. The van der Waals surface area contributed by atoms with Crippen molar-refractivity contribution < 1.29 is 13.2 Å². The van der Waals surface area contributed by atoms with Gasteiger partial charge in [-0.3, -0.25) is 0 Å². The lowest BCUT2D eigenvalue weighted by Crippen LogP contribution is -2.29. The van der Waals surface area contributed by atoms with Crippen LogP contribution in [0, 0.1) is 18.3 Å². The van der Waals surface area contributed by atoms with Crippen molar-refractivity contribution in [3.05, 3.63) is 89.0 Å². The number of nitrogens with one attached hydrogen (secondary N) is 1. The number of halogens is 3. The van der Waals surface area contributed by atoms with Crippen LogP contribution in [0.4, 0.5) is 13.2 Å².